The summed E-state index contributed by atoms with van der Waals surface area (Å²) in [5.74, 6) is -0.448. The van der Waals surface area contributed by atoms with Crippen LogP contribution in [0.15, 0.2) is 66.9 Å². The van der Waals surface area contributed by atoms with Crippen LogP contribution >= 0.6 is 0 Å². The Hall–Kier alpha value is -3.41. The Kier molecular flexibility index (Phi) is 4.89. The molecule has 0 aliphatic carbocycles. The molecule has 0 aliphatic heterocycles. The van der Waals surface area contributed by atoms with Crippen molar-refractivity contribution in [3.05, 3.63) is 83.8 Å². The number of carbonyl (C=O) groups is 1. The van der Waals surface area contributed by atoms with Crippen LogP contribution in [0.5, 0.6) is 0 Å². The Morgan fingerprint density at radius 1 is 1.04 bits per heavy atom. The number of hydrogen-bond donors (Lipinski definition) is 3. The largest absolute Gasteiger partial charge is 0.397 e. The van der Waals surface area contributed by atoms with Crippen LogP contribution in [0.1, 0.15) is 15.9 Å². The molecular weight excluding hydrogens is 319 g/mol. The van der Waals surface area contributed by atoms with Gasteiger partial charge in [-0.25, -0.2) is 9.37 Å². The number of aromatic nitrogens is 1. The van der Waals surface area contributed by atoms with Crippen LogP contribution < -0.4 is 16.4 Å². The first-order valence-corrected chi connectivity index (χ1v) is 7.72. The molecular formula is C19H17FN4O. The van der Waals surface area contributed by atoms with Crippen molar-refractivity contribution in [2.75, 3.05) is 16.4 Å². The fraction of sp³-hybridized carbons (Fsp3) is 0.0526. The Bertz CT molecular complexity index is 881. The number of halogens is 1. The van der Waals surface area contributed by atoms with Gasteiger partial charge in [0.25, 0.3) is 5.91 Å². The summed E-state index contributed by atoms with van der Waals surface area (Å²) < 4.78 is 13.5. The van der Waals surface area contributed by atoms with E-state index in [9.17, 15) is 9.18 Å². The summed E-state index contributed by atoms with van der Waals surface area (Å²) in [5.41, 5.74) is 8.31. The highest BCUT2D eigenvalue weighted by atomic mass is 19.1. The van der Waals surface area contributed by atoms with Crippen molar-refractivity contribution in [2.24, 2.45) is 0 Å². The predicted molar refractivity (Wildman–Crippen MR) is 96.8 cm³/mol. The number of rotatable bonds is 5. The quantitative estimate of drug-likeness (QED) is 0.621. The maximum atomic E-state index is 13.5. The van der Waals surface area contributed by atoms with E-state index in [-0.39, 0.29) is 11.7 Å². The average Bonchev–Trinajstić information content (AvgIpc) is 2.63. The molecule has 1 heterocycles. The lowest BCUT2D eigenvalue weighted by molar-refractivity contribution is 0.102. The SMILES string of the molecule is Nc1ccccc1NC(=O)c1ccc(CNc2ncccc2F)cc1. The number of carbonyl (C=O) groups excluding carboxylic acids is 1. The third kappa shape index (κ3) is 4.11. The van der Waals surface area contributed by atoms with Gasteiger partial charge in [-0.2, -0.15) is 0 Å². The van der Waals surface area contributed by atoms with Crippen molar-refractivity contribution in [3.8, 4) is 0 Å². The fourth-order valence-corrected chi connectivity index (χ4v) is 2.28. The van der Waals surface area contributed by atoms with Gasteiger partial charge in [-0.3, -0.25) is 4.79 Å². The number of nitrogen functional groups attached to an aromatic ring is 1. The van der Waals surface area contributed by atoms with E-state index in [0.717, 1.165) is 5.56 Å². The topological polar surface area (TPSA) is 80.0 Å². The Morgan fingerprint density at radius 3 is 2.52 bits per heavy atom. The van der Waals surface area contributed by atoms with E-state index in [2.05, 4.69) is 15.6 Å². The molecule has 126 valence electrons. The van der Waals surface area contributed by atoms with Crippen LogP contribution in [0.4, 0.5) is 21.6 Å². The first-order chi connectivity index (χ1) is 12.1. The van der Waals surface area contributed by atoms with Gasteiger partial charge in [0, 0.05) is 18.3 Å². The monoisotopic (exact) mass is 336 g/mol. The zero-order valence-electron chi connectivity index (χ0n) is 13.4. The van der Waals surface area contributed by atoms with E-state index in [0.29, 0.717) is 23.5 Å². The molecule has 1 amide bonds. The molecule has 3 aromatic rings. The van der Waals surface area contributed by atoms with Gasteiger partial charge in [-0.05, 0) is 42.0 Å². The number of nitrogens with two attached hydrogens (primary N) is 1. The van der Waals surface area contributed by atoms with Gasteiger partial charge in [0.1, 0.15) is 0 Å². The molecule has 5 nitrogen and oxygen atoms in total. The number of nitrogens with one attached hydrogen (secondary N) is 2. The van der Waals surface area contributed by atoms with Gasteiger partial charge in [-0.15, -0.1) is 0 Å². The molecule has 6 heteroatoms. The van der Waals surface area contributed by atoms with E-state index in [1.807, 2.05) is 0 Å². The zero-order chi connectivity index (χ0) is 17.6. The van der Waals surface area contributed by atoms with Crippen LogP contribution in [0.25, 0.3) is 0 Å². The van der Waals surface area contributed by atoms with E-state index >= 15 is 0 Å². The lowest BCUT2D eigenvalue weighted by Gasteiger charge is -2.09. The summed E-state index contributed by atoms with van der Waals surface area (Å²) >= 11 is 0. The summed E-state index contributed by atoms with van der Waals surface area (Å²) in [4.78, 5) is 16.2. The molecule has 3 rings (SSSR count). The lowest BCUT2D eigenvalue weighted by atomic mass is 10.1. The summed E-state index contributed by atoms with van der Waals surface area (Å²) in [7, 11) is 0. The molecule has 0 fully saturated rings. The molecule has 0 aliphatic rings. The smallest absolute Gasteiger partial charge is 0.255 e. The number of para-hydroxylation sites is 2. The highest BCUT2D eigenvalue weighted by Gasteiger charge is 2.08. The molecule has 0 radical (unpaired) electrons. The number of nitrogens with zero attached hydrogens (tertiary/aromatic N) is 1. The van der Waals surface area contributed by atoms with Crippen LogP contribution in [0, 0.1) is 5.82 Å². The number of benzene rings is 2. The minimum atomic E-state index is -0.404. The minimum absolute atomic E-state index is 0.198. The van der Waals surface area contributed by atoms with Gasteiger partial charge in [0.2, 0.25) is 0 Å². The third-order valence-corrected chi connectivity index (χ3v) is 3.64. The highest BCUT2D eigenvalue weighted by molar-refractivity contribution is 6.05. The molecule has 0 atom stereocenters. The number of pyridine rings is 1. The van der Waals surface area contributed by atoms with Crippen molar-refractivity contribution >= 4 is 23.1 Å². The van der Waals surface area contributed by atoms with Crippen molar-refractivity contribution in [1.82, 2.24) is 4.98 Å². The summed E-state index contributed by atoms with van der Waals surface area (Å²) in [6.45, 7) is 0.404. The van der Waals surface area contributed by atoms with E-state index in [1.54, 1.807) is 48.5 Å². The molecule has 25 heavy (non-hydrogen) atoms. The molecule has 0 saturated carbocycles. The van der Waals surface area contributed by atoms with Crippen molar-refractivity contribution in [3.63, 3.8) is 0 Å². The third-order valence-electron chi connectivity index (χ3n) is 3.64. The van der Waals surface area contributed by atoms with E-state index in [4.69, 9.17) is 5.73 Å². The second-order valence-electron chi connectivity index (χ2n) is 5.43. The van der Waals surface area contributed by atoms with Crippen molar-refractivity contribution in [2.45, 2.75) is 6.54 Å². The van der Waals surface area contributed by atoms with Crippen LogP contribution in [-0.2, 0) is 6.54 Å². The van der Waals surface area contributed by atoms with Crippen molar-refractivity contribution in [1.29, 1.82) is 0 Å². The maximum absolute atomic E-state index is 13.5. The molecule has 4 N–H and O–H groups in total. The highest BCUT2D eigenvalue weighted by Crippen LogP contribution is 2.18. The maximum Gasteiger partial charge on any atom is 0.255 e. The van der Waals surface area contributed by atoms with Crippen LogP contribution in [0.3, 0.4) is 0 Å². The molecule has 0 saturated heterocycles. The van der Waals surface area contributed by atoms with E-state index < -0.39 is 5.82 Å². The molecule has 0 bridgehead atoms. The fourth-order valence-electron chi connectivity index (χ4n) is 2.28. The van der Waals surface area contributed by atoms with Gasteiger partial charge < -0.3 is 16.4 Å². The first kappa shape index (κ1) is 16.4. The van der Waals surface area contributed by atoms with Gasteiger partial charge in [0.15, 0.2) is 11.6 Å². The standard InChI is InChI=1S/C19H17FN4O/c20-15-4-3-11-22-18(15)23-12-13-7-9-14(10-8-13)19(25)24-17-6-2-1-5-16(17)21/h1-11H,12,21H2,(H,22,23)(H,24,25). The molecule has 2 aromatic carbocycles. The van der Waals surface area contributed by atoms with Gasteiger partial charge >= 0.3 is 0 Å². The number of amides is 1. The van der Waals surface area contributed by atoms with E-state index in [1.165, 1.54) is 18.3 Å². The Balaban J connectivity index is 1.63. The first-order valence-electron chi connectivity index (χ1n) is 7.72. The molecule has 1 aromatic heterocycles. The second kappa shape index (κ2) is 7.44. The zero-order valence-corrected chi connectivity index (χ0v) is 13.4. The van der Waals surface area contributed by atoms with Crippen LogP contribution in [0.2, 0.25) is 0 Å². The Labute approximate surface area is 144 Å². The van der Waals surface area contributed by atoms with Gasteiger partial charge in [-0.1, -0.05) is 24.3 Å². The predicted octanol–water partition coefficient (Wildman–Crippen LogP) is 3.67. The van der Waals surface area contributed by atoms with Gasteiger partial charge in [0.05, 0.1) is 11.4 Å². The summed E-state index contributed by atoms with van der Waals surface area (Å²) in [6.07, 6.45) is 1.52. The number of anilines is 3. The molecule has 0 spiro atoms. The minimum Gasteiger partial charge on any atom is -0.397 e. The summed E-state index contributed by atoms with van der Waals surface area (Å²) in [5, 5.41) is 5.69. The average molecular weight is 336 g/mol. The summed E-state index contributed by atoms with van der Waals surface area (Å²) in [6, 6.07) is 17.0. The Morgan fingerprint density at radius 2 is 1.80 bits per heavy atom. The number of hydrogen-bond acceptors (Lipinski definition) is 4. The lowest BCUT2D eigenvalue weighted by Crippen LogP contribution is -2.13. The normalized spacial score (nSPS) is 10.3. The molecule has 0 unspecified atom stereocenters. The van der Waals surface area contributed by atoms with Crippen LogP contribution in [-0.4, -0.2) is 10.9 Å². The van der Waals surface area contributed by atoms with Crippen molar-refractivity contribution < 1.29 is 9.18 Å². The second-order valence-corrected chi connectivity index (χ2v) is 5.43.